The minimum absolute atomic E-state index is 0.0860. The first kappa shape index (κ1) is 16.7. The van der Waals surface area contributed by atoms with Crippen LogP contribution in [0, 0.1) is 5.92 Å². The first-order valence-electron chi connectivity index (χ1n) is 8.25. The molecule has 1 fully saturated rings. The van der Waals surface area contributed by atoms with Gasteiger partial charge in [0.25, 0.3) is 5.91 Å². The van der Waals surface area contributed by atoms with Crippen LogP contribution in [0.1, 0.15) is 62.9 Å². The molecule has 0 bridgehead atoms. The second-order valence-corrected chi connectivity index (χ2v) is 7.21. The fourth-order valence-corrected chi connectivity index (χ4v) is 2.99. The molecule has 0 aromatic heterocycles. The number of benzene rings is 1. The van der Waals surface area contributed by atoms with Gasteiger partial charge in [0.1, 0.15) is 5.78 Å². The Balaban J connectivity index is 2.00. The lowest BCUT2D eigenvalue weighted by molar-refractivity contribution is -0.123. The van der Waals surface area contributed by atoms with Crippen molar-refractivity contribution in [2.24, 2.45) is 5.92 Å². The molecule has 0 N–H and O–H groups in total. The van der Waals surface area contributed by atoms with E-state index in [0.717, 1.165) is 18.4 Å². The molecule has 3 nitrogen and oxygen atoms in total. The van der Waals surface area contributed by atoms with E-state index in [-0.39, 0.29) is 17.2 Å². The monoisotopic (exact) mass is 301 g/mol. The maximum absolute atomic E-state index is 12.5. The van der Waals surface area contributed by atoms with Gasteiger partial charge in [-0.3, -0.25) is 9.59 Å². The average Bonchev–Trinajstić information content (AvgIpc) is 2.53. The number of likely N-dealkylation sites (tertiary alicyclic amines) is 1. The predicted molar refractivity (Wildman–Crippen MR) is 89.1 cm³/mol. The highest BCUT2D eigenvalue weighted by Gasteiger charge is 2.27. The van der Waals surface area contributed by atoms with Gasteiger partial charge in [0, 0.05) is 31.0 Å². The van der Waals surface area contributed by atoms with Crippen LogP contribution < -0.4 is 0 Å². The van der Waals surface area contributed by atoms with E-state index in [2.05, 4.69) is 20.8 Å². The predicted octanol–water partition coefficient (Wildman–Crippen LogP) is 3.82. The van der Waals surface area contributed by atoms with Crippen LogP contribution in [0.4, 0.5) is 0 Å². The summed E-state index contributed by atoms with van der Waals surface area (Å²) in [4.78, 5) is 26.2. The second kappa shape index (κ2) is 6.64. The third-order valence-electron chi connectivity index (χ3n) is 4.58. The Labute approximate surface area is 133 Å². The minimum atomic E-state index is 0.0860. The van der Waals surface area contributed by atoms with Gasteiger partial charge in [0.05, 0.1) is 0 Å². The molecule has 2 rings (SSSR count). The molecule has 0 atom stereocenters. The zero-order chi connectivity index (χ0) is 16.3. The van der Waals surface area contributed by atoms with E-state index in [1.807, 2.05) is 36.1 Å². The van der Waals surface area contributed by atoms with Crippen LogP contribution >= 0.6 is 0 Å². The summed E-state index contributed by atoms with van der Waals surface area (Å²) in [6.45, 7) is 9.79. The van der Waals surface area contributed by atoms with E-state index < -0.39 is 0 Å². The van der Waals surface area contributed by atoms with E-state index >= 15 is 0 Å². The summed E-state index contributed by atoms with van der Waals surface area (Å²) in [6.07, 6.45) is 2.21. The molecule has 1 amide bonds. The molecule has 120 valence electrons. The number of Topliss-reactive ketones (excluding diaryl/α,β-unsaturated/α-hetero) is 1. The normalized spacial score (nSPS) is 16.6. The van der Waals surface area contributed by atoms with Crippen molar-refractivity contribution in [1.29, 1.82) is 0 Å². The van der Waals surface area contributed by atoms with E-state index in [1.54, 1.807) is 0 Å². The second-order valence-electron chi connectivity index (χ2n) is 7.21. The first-order valence-corrected chi connectivity index (χ1v) is 8.25. The largest absolute Gasteiger partial charge is 0.339 e. The summed E-state index contributed by atoms with van der Waals surface area (Å²) in [5.74, 6) is 0.571. The number of ketones is 1. The van der Waals surface area contributed by atoms with Gasteiger partial charge in [-0.05, 0) is 36.0 Å². The molecule has 3 heteroatoms. The lowest BCUT2D eigenvalue weighted by Gasteiger charge is -2.31. The van der Waals surface area contributed by atoms with Crippen LogP contribution in [0.3, 0.4) is 0 Å². The topological polar surface area (TPSA) is 37.4 Å². The first-order chi connectivity index (χ1) is 10.3. The summed E-state index contributed by atoms with van der Waals surface area (Å²) < 4.78 is 0. The Morgan fingerprint density at radius 2 is 1.64 bits per heavy atom. The molecular weight excluding hydrogens is 274 g/mol. The molecule has 1 saturated heterocycles. The summed E-state index contributed by atoms with van der Waals surface area (Å²) in [7, 11) is 0. The number of carbonyl (C=O) groups excluding carboxylic acids is 2. The number of piperidine rings is 1. The number of hydrogen-bond donors (Lipinski definition) is 0. The Bertz CT molecular complexity index is 532. The van der Waals surface area contributed by atoms with Crippen LogP contribution in [0.15, 0.2) is 24.3 Å². The highest BCUT2D eigenvalue weighted by molar-refractivity contribution is 5.94. The summed E-state index contributed by atoms with van der Waals surface area (Å²) in [5.41, 5.74) is 2.07. The molecule has 0 radical (unpaired) electrons. The maximum atomic E-state index is 12.5. The highest BCUT2D eigenvalue weighted by Crippen LogP contribution is 2.24. The molecule has 0 aliphatic carbocycles. The third-order valence-corrected chi connectivity index (χ3v) is 4.58. The Morgan fingerprint density at radius 3 is 2.09 bits per heavy atom. The Hall–Kier alpha value is -1.64. The fourth-order valence-electron chi connectivity index (χ4n) is 2.99. The van der Waals surface area contributed by atoms with Crippen molar-refractivity contribution < 1.29 is 9.59 Å². The van der Waals surface area contributed by atoms with E-state index in [0.29, 0.717) is 25.3 Å². The van der Waals surface area contributed by atoms with Crippen molar-refractivity contribution in [2.45, 2.75) is 52.4 Å². The van der Waals surface area contributed by atoms with Gasteiger partial charge in [0.15, 0.2) is 0 Å². The van der Waals surface area contributed by atoms with Gasteiger partial charge in [0.2, 0.25) is 0 Å². The van der Waals surface area contributed by atoms with Crippen LogP contribution in [0.25, 0.3) is 0 Å². The average molecular weight is 301 g/mol. The van der Waals surface area contributed by atoms with Crippen molar-refractivity contribution in [3.05, 3.63) is 35.4 Å². The zero-order valence-corrected chi connectivity index (χ0v) is 14.2. The standard InChI is InChI=1S/C19H27NO2/c1-5-17(21)14-10-12-20(13-11-14)18(22)15-6-8-16(9-7-15)19(2,3)4/h6-9,14H,5,10-13H2,1-4H3. The Kier molecular flexibility index (Phi) is 5.05. The van der Waals surface area contributed by atoms with Gasteiger partial charge in [-0.15, -0.1) is 0 Å². The molecule has 0 unspecified atom stereocenters. The molecule has 22 heavy (non-hydrogen) atoms. The third kappa shape index (κ3) is 3.76. The molecule has 1 aromatic rings. The van der Waals surface area contributed by atoms with Crippen molar-refractivity contribution in [3.63, 3.8) is 0 Å². The summed E-state index contributed by atoms with van der Waals surface area (Å²) in [5, 5.41) is 0. The van der Waals surface area contributed by atoms with E-state index in [1.165, 1.54) is 5.56 Å². The van der Waals surface area contributed by atoms with Gasteiger partial charge in [-0.1, -0.05) is 39.8 Å². The van der Waals surface area contributed by atoms with Gasteiger partial charge >= 0.3 is 0 Å². The van der Waals surface area contributed by atoms with E-state index in [4.69, 9.17) is 0 Å². The number of rotatable bonds is 3. The highest BCUT2D eigenvalue weighted by atomic mass is 16.2. The molecule has 1 aromatic carbocycles. The summed E-state index contributed by atoms with van der Waals surface area (Å²) in [6, 6.07) is 7.93. The number of amides is 1. The van der Waals surface area contributed by atoms with Crippen LogP contribution in [0.5, 0.6) is 0 Å². The lowest BCUT2D eigenvalue weighted by atomic mass is 9.86. The number of hydrogen-bond acceptors (Lipinski definition) is 2. The van der Waals surface area contributed by atoms with Crippen LogP contribution in [0.2, 0.25) is 0 Å². The number of carbonyl (C=O) groups is 2. The molecule has 1 aliphatic heterocycles. The molecular formula is C19H27NO2. The maximum Gasteiger partial charge on any atom is 0.253 e. The van der Waals surface area contributed by atoms with Crippen molar-refractivity contribution in [1.82, 2.24) is 4.90 Å². The SMILES string of the molecule is CCC(=O)C1CCN(C(=O)c2ccc(C(C)(C)C)cc2)CC1. The zero-order valence-electron chi connectivity index (χ0n) is 14.2. The van der Waals surface area contributed by atoms with E-state index in [9.17, 15) is 9.59 Å². The number of nitrogens with zero attached hydrogens (tertiary/aromatic N) is 1. The van der Waals surface area contributed by atoms with Crippen molar-refractivity contribution in [2.75, 3.05) is 13.1 Å². The van der Waals surface area contributed by atoms with Crippen molar-refractivity contribution >= 4 is 11.7 Å². The summed E-state index contributed by atoms with van der Waals surface area (Å²) >= 11 is 0. The minimum Gasteiger partial charge on any atom is -0.339 e. The Morgan fingerprint density at radius 1 is 1.09 bits per heavy atom. The molecule has 1 aliphatic rings. The quantitative estimate of drug-likeness (QED) is 0.851. The van der Waals surface area contributed by atoms with Gasteiger partial charge in [-0.25, -0.2) is 0 Å². The molecule has 1 heterocycles. The van der Waals surface area contributed by atoms with Crippen LogP contribution in [-0.2, 0) is 10.2 Å². The smallest absolute Gasteiger partial charge is 0.253 e. The van der Waals surface area contributed by atoms with Crippen molar-refractivity contribution in [3.8, 4) is 0 Å². The fraction of sp³-hybridized carbons (Fsp3) is 0.579. The molecule has 0 saturated carbocycles. The lowest BCUT2D eigenvalue weighted by Crippen LogP contribution is -2.40. The van der Waals surface area contributed by atoms with Crippen LogP contribution in [-0.4, -0.2) is 29.7 Å². The van der Waals surface area contributed by atoms with Gasteiger partial charge < -0.3 is 4.90 Å². The van der Waals surface area contributed by atoms with Gasteiger partial charge in [-0.2, -0.15) is 0 Å². The molecule has 0 spiro atoms.